The number of carbonyl (C=O) groups is 1. The topological polar surface area (TPSA) is 99.3 Å². The molecule has 1 aromatic heterocycles. The summed E-state index contributed by atoms with van der Waals surface area (Å²) in [5, 5.41) is 11.2. The summed E-state index contributed by atoms with van der Waals surface area (Å²) in [5.74, 6) is -1.22. The van der Waals surface area contributed by atoms with E-state index in [2.05, 4.69) is 9.71 Å². The van der Waals surface area contributed by atoms with Crippen LogP contribution in [0.3, 0.4) is 0 Å². The van der Waals surface area contributed by atoms with Gasteiger partial charge in [-0.1, -0.05) is 54.1 Å². The number of aryl methyl sites for hydroxylation is 1. The Bertz CT molecular complexity index is 1350. The number of hydrogen-bond donors (Lipinski definition) is 3. The normalized spacial score (nSPS) is 12.7. The average Bonchev–Trinajstić information content (AvgIpc) is 3.20. The van der Waals surface area contributed by atoms with E-state index in [0.717, 1.165) is 27.6 Å². The van der Waals surface area contributed by atoms with Gasteiger partial charge in [0.1, 0.15) is 6.04 Å². The largest absolute Gasteiger partial charge is 0.480 e. The third-order valence-corrected chi connectivity index (χ3v) is 7.05. The number of H-pyrrole nitrogens is 1. The van der Waals surface area contributed by atoms with Crippen LogP contribution in [-0.4, -0.2) is 30.5 Å². The van der Waals surface area contributed by atoms with E-state index in [1.165, 1.54) is 12.1 Å². The fourth-order valence-electron chi connectivity index (χ4n) is 3.60. The molecule has 8 heteroatoms. The molecule has 0 saturated heterocycles. The number of nitrogens with one attached hydrogen (secondary N) is 2. The Hall–Kier alpha value is -3.13. The lowest BCUT2D eigenvalue weighted by Gasteiger charge is -2.15. The van der Waals surface area contributed by atoms with Crippen LogP contribution in [0.15, 0.2) is 83.9 Å². The predicted octanol–water partition coefficient (Wildman–Crippen LogP) is 4.85. The van der Waals surface area contributed by atoms with Crippen molar-refractivity contribution in [1.29, 1.82) is 0 Å². The minimum absolute atomic E-state index is 0.00792. The van der Waals surface area contributed by atoms with Crippen molar-refractivity contribution in [2.75, 3.05) is 0 Å². The summed E-state index contributed by atoms with van der Waals surface area (Å²) in [6.45, 7) is 0. The summed E-state index contributed by atoms with van der Waals surface area (Å²) in [4.78, 5) is 14.9. The van der Waals surface area contributed by atoms with Gasteiger partial charge in [-0.15, -0.1) is 0 Å². The number of carboxylic acid groups (broad SMARTS) is 1. The van der Waals surface area contributed by atoms with Crippen LogP contribution in [0.5, 0.6) is 0 Å². The summed E-state index contributed by atoms with van der Waals surface area (Å²) < 4.78 is 28.0. The maximum absolute atomic E-state index is 12.8. The van der Waals surface area contributed by atoms with Gasteiger partial charge in [0.15, 0.2) is 0 Å². The van der Waals surface area contributed by atoms with Crippen LogP contribution < -0.4 is 4.72 Å². The Morgan fingerprint density at radius 2 is 1.59 bits per heavy atom. The number of benzene rings is 3. The Kier molecular flexibility index (Phi) is 6.32. The van der Waals surface area contributed by atoms with E-state index in [0.29, 0.717) is 11.4 Å². The number of hydrogen-bond acceptors (Lipinski definition) is 3. The van der Waals surface area contributed by atoms with Crippen molar-refractivity contribution in [3.63, 3.8) is 0 Å². The first-order valence-electron chi connectivity index (χ1n) is 9.99. The molecule has 0 bridgehead atoms. The third-order valence-electron chi connectivity index (χ3n) is 5.31. The zero-order valence-corrected chi connectivity index (χ0v) is 18.5. The van der Waals surface area contributed by atoms with Crippen molar-refractivity contribution in [2.45, 2.75) is 23.8 Å². The molecule has 0 fully saturated rings. The smallest absolute Gasteiger partial charge is 0.321 e. The molecule has 0 aliphatic carbocycles. The van der Waals surface area contributed by atoms with Crippen LogP contribution >= 0.6 is 11.6 Å². The lowest BCUT2D eigenvalue weighted by atomic mass is 10.1. The molecule has 0 saturated carbocycles. The number of carboxylic acids is 1. The first-order valence-corrected chi connectivity index (χ1v) is 11.9. The number of rotatable bonds is 8. The zero-order chi connectivity index (χ0) is 22.7. The molecule has 0 spiro atoms. The molecule has 0 radical (unpaired) electrons. The Morgan fingerprint density at radius 1 is 0.969 bits per heavy atom. The van der Waals surface area contributed by atoms with Gasteiger partial charge in [-0.05, 0) is 59.9 Å². The predicted molar refractivity (Wildman–Crippen MR) is 125 cm³/mol. The Labute approximate surface area is 190 Å². The minimum atomic E-state index is -4.00. The van der Waals surface area contributed by atoms with Gasteiger partial charge in [0.05, 0.1) is 4.90 Å². The van der Waals surface area contributed by atoms with Crippen molar-refractivity contribution in [1.82, 2.24) is 9.71 Å². The van der Waals surface area contributed by atoms with E-state index in [1.807, 2.05) is 42.6 Å². The van der Waals surface area contributed by atoms with Crippen LogP contribution in [0.1, 0.15) is 12.0 Å². The molecule has 0 aliphatic rings. The van der Waals surface area contributed by atoms with E-state index in [9.17, 15) is 18.3 Å². The molecule has 1 atom stereocenters. The fraction of sp³-hybridized carbons (Fsp3) is 0.125. The highest BCUT2D eigenvalue weighted by atomic mass is 35.5. The van der Waals surface area contributed by atoms with Crippen molar-refractivity contribution < 1.29 is 18.3 Å². The first-order chi connectivity index (χ1) is 15.3. The molecule has 6 nitrogen and oxygen atoms in total. The van der Waals surface area contributed by atoms with Gasteiger partial charge in [0.25, 0.3) is 0 Å². The molecular formula is C24H21ClN2O4S. The first kappa shape index (κ1) is 22.1. The van der Waals surface area contributed by atoms with Gasteiger partial charge in [0.2, 0.25) is 10.0 Å². The third kappa shape index (κ3) is 4.85. The van der Waals surface area contributed by atoms with Crippen molar-refractivity contribution in [3.8, 4) is 11.1 Å². The number of halogens is 1. The van der Waals surface area contributed by atoms with Crippen LogP contribution in [0, 0.1) is 0 Å². The van der Waals surface area contributed by atoms with E-state index in [4.69, 9.17) is 11.6 Å². The molecule has 0 amide bonds. The molecule has 1 unspecified atom stereocenters. The highest BCUT2D eigenvalue weighted by Gasteiger charge is 2.25. The van der Waals surface area contributed by atoms with Gasteiger partial charge in [-0.2, -0.15) is 4.72 Å². The standard InChI is InChI=1S/C24H21ClN2O4S/c25-19-10-5-16(6-11-19)17-7-12-20(13-8-17)32(30,31)27-23(24(28)29)14-9-18-15-26-22-4-2-1-3-21(18)22/h1-8,10-13,15,23,26-27H,9,14H2,(H,28,29). The Balaban J connectivity index is 1.48. The fourth-order valence-corrected chi connectivity index (χ4v) is 4.94. The number of aliphatic carboxylic acids is 1. The maximum Gasteiger partial charge on any atom is 0.321 e. The lowest BCUT2D eigenvalue weighted by molar-refractivity contribution is -0.139. The highest BCUT2D eigenvalue weighted by molar-refractivity contribution is 7.89. The van der Waals surface area contributed by atoms with Gasteiger partial charge < -0.3 is 10.1 Å². The highest BCUT2D eigenvalue weighted by Crippen LogP contribution is 2.24. The average molecular weight is 469 g/mol. The molecule has 4 rings (SSSR count). The second-order valence-electron chi connectivity index (χ2n) is 7.44. The number of sulfonamides is 1. The molecule has 3 aromatic carbocycles. The summed E-state index contributed by atoms with van der Waals surface area (Å²) in [6, 6.07) is 19.9. The van der Waals surface area contributed by atoms with Crippen LogP contribution in [-0.2, 0) is 21.2 Å². The van der Waals surface area contributed by atoms with E-state index in [-0.39, 0.29) is 11.3 Å². The van der Waals surface area contributed by atoms with Crippen molar-refractivity contribution in [2.24, 2.45) is 0 Å². The molecule has 4 aromatic rings. The van der Waals surface area contributed by atoms with E-state index >= 15 is 0 Å². The lowest BCUT2D eigenvalue weighted by Crippen LogP contribution is -2.41. The molecular weight excluding hydrogens is 448 g/mol. The van der Waals surface area contributed by atoms with Crippen molar-refractivity contribution in [3.05, 3.63) is 89.6 Å². The molecule has 32 heavy (non-hydrogen) atoms. The van der Waals surface area contributed by atoms with Crippen molar-refractivity contribution >= 4 is 38.5 Å². The van der Waals surface area contributed by atoms with Gasteiger partial charge in [-0.25, -0.2) is 8.42 Å². The van der Waals surface area contributed by atoms with E-state index < -0.39 is 22.0 Å². The maximum atomic E-state index is 12.8. The van der Waals surface area contributed by atoms with Gasteiger partial charge in [-0.3, -0.25) is 4.79 Å². The van der Waals surface area contributed by atoms with Crippen LogP contribution in [0.4, 0.5) is 0 Å². The molecule has 0 aliphatic heterocycles. The summed E-state index contributed by atoms with van der Waals surface area (Å²) in [7, 11) is -4.00. The molecule has 3 N–H and O–H groups in total. The minimum Gasteiger partial charge on any atom is -0.480 e. The molecule has 1 heterocycles. The van der Waals surface area contributed by atoms with Crippen LogP contribution in [0.25, 0.3) is 22.0 Å². The second-order valence-corrected chi connectivity index (χ2v) is 9.59. The van der Waals surface area contributed by atoms with Crippen LogP contribution in [0.2, 0.25) is 5.02 Å². The number of para-hydroxylation sites is 1. The molecule has 164 valence electrons. The number of fused-ring (bicyclic) bond motifs is 1. The second kappa shape index (κ2) is 9.16. The zero-order valence-electron chi connectivity index (χ0n) is 17.0. The van der Waals surface area contributed by atoms with Gasteiger partial charge >= 0.3 is 5.97 Å². The van der Waals surface area contributed by atoms with E-state index in [1.54, 1.807) is 24.3 Å². The Morgan fingerprint density at radius 3 is 2.25 bits per heavy atom. The summed E-state index contributed by atoms with van der Waals surface area (Å²) in [5.41, 5.74) is 3.62. The monoisotopic (exact) mass is 468 g/mol. The van der Waals surface area contributed by atoms with Gasteiger partial charge in [0, 0.05) is 22.1 Å². The SMILES string of the molecule is O=C(O)C(CCc1c[nH]c2ccccc12)NS(=O)(=O)c1ccc(-c2ccc(Cl)cc2)cc1. The summed E-state index contributed by atoms with van der Waals surface area (Å²) in [6.07, 6.45) is 2.37. The quantitative estimate of drug-likeness (QED) is 0.344. The number of aromatic amines is 1. The summed E-state index contributed by atoms with van der Waals surface area (Å²) >= 11 is 5.91. The number of aromatic nitrogens is 1.